The largest absolute Gasteiger partial charge is 0.296 e. The number of hydrogen-bond donors (Lipinski definition) is 1. The van der Waals surface area contributed by atoms with Crippen molar-refractivity contribution >= 4 is 27.6 Å². The molecule has 1 amide bonds. The lowest BCUT2D eigenvalue weighted by molar-refractivity contribution is -0.117. The summed E-state index contributed by atoms with van der Waals surface area (Å²) in [6, 6.07) is 3.99. The highest BCUT2D eigenvalue weighted by Gasteiger charge is 2.35. The molecule has 0 fully saturated rings. The van der Waals surface area contributed by atoms with Crippen molar-refractivity contribution in [3.8, 4) is 0 Å². The first kappa shape index (κ1) is 13.1. The Morgan fingerprint density at radius 2 is 2.11 bits per heavy atom. The summed E-state index contributed by atoms with van der Waals surface area (Å²) in [7, 11) is -4.36. The molecule has 1 aliphatic heterocycles. The first-order chi connectivity index (χ1) is 8.22. The standard InChI is InChI=1S/C10H9ClN2O4S/c1-10(5-9(14)12-13-10)6-2-3-8(7(11)4-6)18(15,16)17/h2-4H,5H2,1H3,(H,15,16,17)/t10-/m0/s1. The van der Waals surface area contributed by atoms with Gasteiger partial charge >= 0.3 is 0 Å². The van der Waals surface area contributed by atoms with Gasteiger partial charge in [0.1, 0.15) is 10.4 Å². The number of rotatable bonds is 2. The predicted molar refractivity (Wildman–Crippen MR) is 63.1 cm³/mol. The molecule has 96 valence electrons. The van der Waals surface area contributed by atoms with Gasteiger partial charge in [0.15, 0.2) is 0 Å². The molecule has 0 spiro atoms. The monoisotopic (exact) mass is 288 g/mol. The summed E-state index contributed by atoms with van der Waals surface area (Å²) in [5.41, 5.74) is -0.270. The molecule has 1 aromatic rings. The molecule has 0 radical (unpaired) electrons. The van der Waals surface area contributed by atoms with Crippen molar-refractivity contribution in [3.05, 3.63) is 28.8 Å². The molecule has 1 heterocycles. The normalized spacial score (nSPS) is 23.6. The summed E-state index contributed by atoms with van der Waals surface area (Å²) in [5, 5.41) is 7.18. The van der Waals surface area contributed by atoms with Crippen molar-refractivity contribution < 1.29 is 17.8 Å². The van der Waals surface area contributed by atoms with Crippen LogP contribution in [0.15, 0.2) is 33.3 Å². The number of carbonyl (C=O) groups is 1. The van der Waals surface area contributed by atoms with Crippen molar-refractivity contribution in [1.82, 2.24) is 0 Å². The summed E-state index contributed by atoms with van der Waals surface area (Å²) in [6.45, 7) is 1.69. The fourth-order valence-electron chi connectivity index (χ4n) is 1.74. The van der Waals surface area contributed by atoms with Crippen molar-refractivity contribution in [3.63, 3.8) is 0 Å². The maximum absolute atomic E-state index is 11.1. The first-order valence-corrected chi connectivity index (χ1v) is 6.77. The van der Waals surface area contributed by atoms with Crippen LogP contribution < -0.4 is 0 Å². The minimum absolute atomic E-state index is 0.106. The van der Waals surface area contributed by atoms with E-state index in [2.05, 4.69) is 10.2 Å². The molecule has 8 heteroatoms. The SMILES string of the molecule is C[C@@]1(c2ccc(S(=O)(=O)O)c(Cl)c2)CC(=O)N=N1. The summed E-state index contributed by atoms with van der Waals surface area (Å²) >= 11 is 5.79. The zero-order valence-corrected chi connectivity index (χ0v) is 10.9. The number of amides is 1. The highest BCUT2D eigenvalue weighted by Crippen LogP contribution is 2.36. The topological polar surface area (TPSA) is 96.2 Å². The first-order valence-electron chi connectivity index (χ1n) is 4.96. The third-order valence-corrected chi connectivity index (χ3v) is 4.05. The zero-order chi connectivity index (χ0) is 13.6. The molecule has 0 saturated carbocycles. The highest BCUT2D eigenvalue weighted by atomic mass is 35.5. The van der Waals surface area contributed by atoms with Gasteiger partial charge in [-0.3, -0.25) is 9.35 Å². The quantitative estimate of drug-likeness (QED) is 0.844. The minimum Gasteiger partial charge on any atom is -0.282 e. The van der Waals surface area contributed by atoms with Crippen molar-refractivity contribution in [1.29, 1.82) is 0 Å². The third kappa shape index (κ3) is 2.29. The Hall–Kier alpha value is -1.31. The number of azo groups is 1. The van der Waals surface area contributed by atoms with Gasteiger partial charge in [0.05, 0.1) is 11.4 Å². The minimum atomic E-state index is -4.36. The van der Waals surface area contributed by atoms with Crippen LogP contribution in [0, 0.1) is 0 Å². The predicted octanol–water partition coefficient (Wildman–Crippen LogP) is 2.18. The Labute approximate surface area is 108 Å². The molecule has 0 aliphatic carbocycles. The molecule has 1 aliphatic rings. The van der Waals surface area contributed by atoms with Crippen molar-refractivity contribution in [2.24, 2.45) is 10.2 Å². The average molecular weight is 289 g/mol. The van der Waals surface area contributed by atoms with E-state index in [0.29, 0.717) is 5.56 Å². The van der Waals surface area contributed by atoms with E-state index in [-0.39, 0.29) is 22.2 Å². The maximum atomic E-state index is 11.1. The molecule has 0 unspecified atom stereocenters. The van der Waals surface area contributed by atoms with Crippen LogP contribution in [-0.4, -0.2) is 18.9 Å². The lowest BCUT2D eigenvalue weighted by Crippen LogP contribution is -2.17. The van der Waals surface area contributed by atoms with Gasteiger partial charge in [-0.15, -0.1) is 5.11 Å². The van der Waals surface area contributed by atoms with Crippen LogP contribution in [0.5, 0.6) is 0 Å². The Morgan fingerprint density at radius 1 is 1.44 bits per heavy atom. The van der Waals surface area contributed by atoms with Crippen LogP contribution >= 0.6 is 11.6 Å². The van der Waals surface area contributed by atoms with Crippen LogP contribution in [0.4, 0.5) is 0 Å². The van der Waals surface area contributed by atoms with Gasteiger partial charge in [0.2, 0.25) is 0 Å². The second-order valence-electron chi connectivity index (χ2n) is 4.16. The van der Waals surface area contributed by atoms with Crippen LogP contribution in [0.3, 0.4) is 0 Å². The molecule has 2 rings (SSSR count). The Balaban J connectivity index is 2.48. The fourth-order valence-corrected chi connectivity index (χ4v) is 2.75. The van der Waals surface area contributed by atoms with Gasteiger partial charge in [0, 0.05) is 0 Å². The molecular formula is C10H9ClN2O4S. The van der Waals surface area contributed by atoms with E-state index in [1.807, 2.05) is 0 Å². The van der Waals surface area contributed by atoms with Crippen molar-refractivity contribution in [2.75, 3.05) is 0 Å². The van der Waals surface area contributed by atoms with Gasteiger partial charge in [-0.05, 0) is 24.6 Å². The van der Waals surface area contributed by atoms with E-state index in [4.69, 9.17) is 16.2 Å². The molecule has 1 aromatic carbocycles. The molecule has 0 saturated heterocycles. The molecule has 1 N–H and O–H groups in total. The fraction of sp³-hybridized carbons (Fsp3) is 0.300. The summed E-state index contributed by atoms with van der Waals surface area (Å²) in [4.78, 5) is 10.7. The number of nitrogens with zero attached hydrogens (tertiary/aromatic N) is 2. The van der Waals surface area contributed by atoms with Gasteiger partial charge in [0.25, 0.3) is 16.0 Å². The van der Waals surface area contributed by atoms with Crippen LogP contribution in [-0.2, 0) is 20.5 Å². The smallest absolute Gasteiger partial charge is 0.282 e. The summed E-state index contributed by atoms with van der Waals surface area (Å²) in [5.74, 6) is -0.340. The van der Waals surface area contributed by atoms with Gasteiger partial charge < -0.3 is 0 Å². The van der Waals surface area contributed by atoms with Gasteiger partial charge in [-0.2, -0.15) is 13.5 Å². The Bertz CT molecular complexity index is 656. The second kappa shape index (κ2) is 4.11. The van der Waals surface area contributed by atoms with E-state index < -0.39 is 15.7 Å². The number of hydrogen-bond acceptors (Lipinski definition) is 4. The lowest BCUT2D eigenvalue weighted by atomic mass is 9.90. The summed E-state index contributed by atoms with van der Waals surface area (Å²) in [6.07, 6.45) is 0.106. The van der Waals surface area contributed by atoms with E-state index in [1.165, 1.54) is 18.2 Å². The molecule has 1 atom stereocenters. The zero-order valence-electron chi connectivity index (χ0n) is 9.29. The highest BCUT2D eigenvalue weighted by molar-refractivity contribution is 7.86. The second-order valence-corrected chi connectivity index (χ2v) is 5.96. The number of halogens is 1. The van der Waals surface area contributed by atoms with E-state index in [0.717, 1.165) is 0 Å². The number of carbonyl (C=O) groups excluding carboxylic acids is 1. The van der Waals surface area contributed by atoms with Gasteiger partial charge in [-0.1, -0.05) is 17.7 Å². The molecule has 6 nitrogen and oxygen atoms in total. The average Bonchev–Trinajstić information content (AvgIpc) is 2.58. The lowest BCUT2D eigenvalue weighted by Gasteiger charge is -2.18. The van der Waals surface area contributed by atoms with E-state index in [9.17, 15) is 13.2 Å². The summed E-state index contributed by atoms with van der Waals surface area (Å²) < 4.78 is 30.9. The van der Waals surface area contributed by atoms with Crippen LogP contribution in [0.2, 0.25) is 5.02 Å². The third-order valence-electron chi connectivity index (χ3n) is 2.71. The van der Waals surface area contributed by atoms with Crippen molar-refractivity contribution in [2.45, 2.75) is 23.8 Å². The molecule has 0 aromatic heterocycles. The number of benzene rings is 1. The van der Waals surface area contributed by atoms with Crippen LogP contribution in [0.1, 0.15) is 18.9 Å². The molecule has 0 bridgehead atoms. The Morgan fingerprint density at radius 3 is 2.56 bits per heavy atom. The van der Waals surface area contributed by atoms with Crippen LogP contribution in [0.25, 0.3) is 0 Å². The van der Waals surface area contributed by atoms with E-state index >= 15 is 0 Å². The molecular weight excluding hydrogens is 280 g/mol. The molecule has 18 heavy (non-hydrogen) atoms. The maximum Gasteiger partial charge on any atom is 0.296 e. The van der Waals surface area contributed by atoms with Gasteiger partial charge in [-0.25, -0.2) is 0 Å². The van der Waals surface area contributed by atoms with E-state index in [1.54, 1.807) is 6.92 Å². The Kier molecular flexibility index (Phi) is 3.00.